The van der Waals surface area contributed by atoms with Crippen molar-refractivity contribution in [2.75, 3.05) is 32.7 Å². The predicted molar refractivity (Wildman–Crippen MR) is 114 cm³/mol. The highest BCUT2D eigenvalue weighted by Gasteiger charge is 2.30. The van der Waals surface area contributed by atoms with E-state index in [0.717, 1.165) is 50.6 Å². The number of aromatic nitrogens is 1. The number of benzene rings is 1. The lowest BCUT2D eigenvalue weighted by Crippen LogP contribution is -3.28. The number of rotatable bonds is 5. The monoisotopic (exact) mass is 402 g/mol. The molecule has 6 heteroatoms. The van der Waals surface area contributed by atoms with Crippen molar-refractivity contribution in [1.82, 2.24) is 10.3 Å². The topological polar surface area (TPSA) is 50.9 Å². The van der Waals surface area contributed by atoms with Crippen LogP contribution < -0.4 is 15.1 Å². The number of para-hydroxylation sites is 1. The lowest BCUT2D eigenvalue weighted by molar-refractivity contribution is -1.02. The highest BCUT2D eigenvalue weighted by Crippen LogP contribution is 2.29. The third-order valence-corrected chi connectivity index (χ3v) is 7.90. The summed E-state index contributed by atoms with van der Waals surface area (Å²) in [5.74, 6) is 1.57. The third kappa shape index (κ3) is 4.73. The largest absolute Gasteiger partial charge is 0.348 e. The molecule has 1 amide bonds. The van der Waals surface area contributed by atoms with Crippen LogP contribution in [0.5, 0.6) is 0 Å². The van der Waals surface area contributed by atoms with Crippen molar-refractivity contribution in [2.24, 2.45) is 11.8 Å². The molecule has 3 N–H and O–H groups in total. The summed E-state index contributed by atoms with van der Waals surface area (Å²) in [6.07, 6.45) is 3.70. The minimum Gasteiger partial charge on any atom is -0.348 e. The maximum Gasteiger partial charge on any atom is 0.275 e. The van der Waals surface area contributed by atoms with E-state index in [9.17, 15) is 4.79 Å². The molecule has 1 saturated heterocycles. The fraction of sp³-hybridized carbons (Fsp3) is 0.636. The Bertz CT molecular complexity index is 766. The molecule has 2 aliphatic rings. The Labute approximate surface area is 172 Å². The predicted octanol–water partition coefficient (Wildman–Crippen LogP) is 0.521. The van der Waals surface area contributed by atoms with Gasteiger partial charge in [-0.25, -0.2) is 4.98 Å². The number of carbonyl (C=O) groups excluding carboxylic acids is 1. The standard InChI is InChI=1S/C22H32N4OS/c1-16-6-5-8-18(17(16)2)23-21(27)14-25-10-12-26(13-11-25)15-22-24-19-7-3-4-9-20(19)28-22/h3-4,7,9,16-18H,5-6,8,10-15H2,1-2H3,(H,23,27)/p+2/t16-,17-,18-/m1/s1. The molecule has 0 radical (unpaired) electrons. The summed E-state index contributed by atoms with van der Waals surface area (Å²) in [5, 5.41) is 4.57. The van der Waals surface area contributed by atoms with Crippen LogP contribution in [-0.4, -0.2) is 49.7 Å². The van der Waals surface area contributed by atoms with E-state index in [4.69, 9.17) is 4.98 Å². The number of hydrogen-bond donors (Lipinski definition) is 3. The van der Waals surface area contributed by atoms with E-state index in [0.29, 0.717) is 18.5 Å². The lowest BCUT2D eigenvalue weighted by Gasteiger charge is -2.35. The summed E-state index contributed by atoms with van der Waals surface area (Å²) < 4.78 is 1.28. The van der Waals surface area contributed by atoms with Crippen molar-refractivity contribution >= 4 is 27.5 Å². The highest BCUT2D eigenvalue weighted by molar-refractivity contribution is 7.18. The second-order valence-corrected chi connectivity index (χ2v) is 9.99. The zero-order valence-electron chi connectivity index (χ0n) is 17.2. The van der Waals surface area contributed by atoms with Gasteiger partial charge < -0.3 is 15.1 Å². The van der Waals surface area contributed by atoms with Gasteiger partial charge in [0.1, 0.15) is 37.7 Å². The van der Waals surface area contributed by atoms with E-state index < -0.39 is 0 Å². The molecule has 4 rings (SSSR count). The molecule has 5 nitrogen and oxygen atoms in total. The number of nitrogens with one attached hydrogen (secondary N) is 3. The van der Waals surface area contributed by atoms with Gasteiger partial charge in [0.2, 0.25) is 0 Å². The quantitative estimate of drug-likeness (QED) is 0.683. The molecule has 152 valence electrons. The highest BCUT2D eigenvalue weighted by atomic mass is 32.1. The smallest absolute Gasteiger partial charge is 0.275 e. The van der Waals surface area contributed by atoms with E-state index >= 15 is 0 Å². The Morgan fingerprint density at radius 3 is 2.68 bits per heavy atom. The van der Waals surface area contributed by atoms with Crippen LogP contribution in [0.2, 0.25) is 0 Å². The average Bonchev–Trinajstić information content (AvgIpc) is 3.09. The molecule has 0 spiro atoms. The minimum absolute atomic E-state index is 0.246. The van der Waals surface area contributed by atoms with Gasteiger partial charge in [0, 0.05) is 6.04 Å². The van der Waals surface area contributed by atoms with E-state index in [2.05, 4.69) is 43.4 Å². The molecule has 2 heterocycles. The first kappa shape index (κ1) is 19.8. The molecule has 2 fully saturated rings. The molecule has 28 heavy (non-hydrogen) atoms. The third-order valence-electron chi connectivity index (χ3n) is 6.87. The van der Waals surface area contributed by atoms with Crippen LogP contribution in [0.25, 0.3) is 10.2 Å². The van der Waals surface area contributed by atoms with Gasteiger partial charge >= 0.3 is 0 Å². The van der Waals surface area contributed by atoms with Gasteiger partial charge in [0.15, 0.2) is 6.54 Å². The molecule has 2 aromatic rings. The molecule has 3 atom stereocenters. The van der Waals surface area contributed by atoms with Crippen LogP contribution in [0.3, 0.4) is 0 Å². The first-order valence-electron chi connectivity index (χ1n) is 10.9. The molecule has 1 aliphatic carbocycles. The number of nitrogens with zero attached hydrogens (tertiary/aromatic N) is 1. The van der Waals surface area contributed by atoms with Crippen molar-refractivity contribution in [3.63, 3.8) is 0 Å². The summed E-state index contributed by atoms with van der Waals surface area (Å²) >= 11 is 1.82. The van der Waals surface area contributed by atoms with Gasteiger partial charge in [-0.15, -0.1) is 11.3 Å². The maximum atomic E-state index is 12.6. The van der Waals surface area contributed by atoms with Gasteiger partial charge in [-0.05, 0) is 30.4 Å². The Morgan fingerprint density at radius 1 is 1.14 bits per heavy atom. The van der Waals surface area contributed by atoms with Crippen LogP contribution in [0.15, 0.2) is 24.3 Å². The molecular weight excluding hydrogens is 368 g/mol. The second kappa shape index (κ2) is 8.89. The summed E-state index contributed by atoms with van der Waals surface area (Å²) in [6, 6.07) is 8.76. The summed E-state index contributed by atoms with van der Waals surface area (Å²) in [4.78, 5) is 20.4. The first-order valence-corrected chi connectivity index (χ1v) is 11.7. The van der Waals surface area contributed by atoms with Gasteiger partial charge in [-0.1, -0.05) is 38.8 Å². The fourth-order valence-electron chi connectivity index (χ4n) is 4.79. The number of thiazole rings is 1. The van der Waals surface area contributed by atoms with E-state index in [1.807, 2.05) is 11.3 Å². The van der Waals surface area contributed by atoms with E-state index in [-0.39, 0.29) is 5.91 Å². The van der Waals surface area contributed by atoms with Crippen molar-refractivity contribution in [3.05, 3.63) is 29.3 Å². The molecule has 0 unspecified atom stereocenters. The average molecular weight is 403 g/mol. The van der Waals surface area contributed by atoms with Crippen LogP contribution >= 0.6 is 11.3 Å². The Hall–Kier alpha value is -1.50. The molecule has 1 aromatic heterocycles. The van der Waals surface area contributed by atoms with Crippen LogP contribution in [0.1, 0.15) is 38.1 Å². The Balaban J connectivity index is 1.22. The second-order valence-electron chi connectivity index (χ2n) is 8.87. The molecule has 1 aromatic carbocycles. The van der Waals surface area contributed by atoms with E-state index in [1.165, 1.54) is 27.4 Å². The van der Waals surface area contributed by atoms with Crippen molar-refractivity contribution in [1.29, 1.82) is 0 Å². The summed E-state index contributed by atoms with van der Waals surface area (Å²) in [7, 11) is 0. The SMILES string of the molecule is C[C@@H]1[C@H](C)CCC[C@H]1NC(=O)C[NH+]1CC[NH+](Cc2nc3ccccc3s2)CC1. The number of hydrogen-bond acceptors (Lipinski definition) is 3. The van der Waals surface area contributed by atoms with Crippen LogP contribution in [0.4, 0.5) is 0 Å². The molecule has 1 aliphatic heterocycles. The molecule has 0 bridgehead atoms. The van der Waals surface area contributed by atoms with Gasteiger partial charge in [0.25, 0.3) is 5.91 Å². The summed E-state index contributed by atoms with van der Waals surface area (Å²) in [6.45, 7) is 10.6. The number of amides is 1. The van der Waals surface area contributed by atoms with E-state index in [1.54, 1.807) is 4.90 Å². The Kier molecular flexibility index (Phi) is 6.28. The normalized spacial score (nSPS) is 31.0. The lowest BCUT2D eigenvalue weighted by atomic mass is 9.78. The minimum atomic E-state index is 0.246. The fourth-order valence-corrected chi connectivity index (χ4v) is 5.83. The van der Waals surface area contributed by atoms with Gasteiger partial charge in [-0.2, -0.15) is 0 Å². The maximum absolute atomic E-state index is 12.6. The van der Waals surface area contributed by atoms with Gasteiger partial charge in [0.05, 0.1) is 10.2 Å². The van der Waals surface area contributed by atoms with Crippen LogP contribution in [-0.2, 0) is 11.3 Å². The number of quaternary nitrogens is 2. The molecular formula is C22H34N4OS+2. The number of piperazine rings is 1. The van der Waals surface area contributed by atoms with Crippen molar-refractivity contribution in [2.45, 2.75) is 45.7 Å². The number of fused-ring (bicyclic) bond motifs is 1. The van der Waals surface area contributed by atoms with Gasteiger partial charge in [-0.3, -0.25) is 4.79 Å². The Morgan fingerprint density at radius 2 is 1.89 bits per heavy atom. The molecule has 1 saturated carbocycles. The number of carbonyl (C=O) groups is 1. The van der Waals surface area contributed by atoms with Crippen LogP contribution in [0, 0.1) is 11.8 Å². The first-order chi connectivity index (χ1) is 13.6. The summed E-state index contributed by atoms with van der Waals surface area (Å²) in [5.41, 5.74) is 1.12. The van der Waals surface area contributed by atoms with Crippen molar-refractivity contribution < 1.29 is 14.6 Å². The van der Waals surface area contributed by atoms with Crippen molar-refractivity contribution in [3.8, 4) is 0 Å². The zero-order valence-corrected chi connectivity index (χ0v) is 18.0. The zero-order chi connectivity index (χ0) is 19.5.